The Labute approximate surface area is 225 Å². The molecule has 3 aromatic carbocycles. The van der Waals surface area contributed by atoms with Gasteiger partial charge in [0.25, 0.3) is 0 Å². The average Bonchev–Trinajstić information content (AvgIpc) is 2.84. The van der Waals surface area contributed by atoms with Crippen LogP contribution in [-0.4, -0.2) is 36.5 Å². The Hall–Kier alpha value is -3.23. The van der Waals surface area contributed by atoms with Crippen molar-refractivity contribution in [2.45, 2.75) is 37.0 Å². The fourth-order valence-electron chi connectivity index (χ4n) is 3.41. The number of alkyl halides is 10. The van der Waals surface area contributed by atoms with Crippen LogP contribution in [-0.2, 0) is 6.18 Å². The first kappa shape index (κ1) is 31.3. The van der Waals surface area contributed by atoms with E-state index in [4.69, 9.17) is 16.3 Å². The van der Waals surface area contributed by atoms with Crippen molar-refractivity contribution >= 4 is 11.6 Å². The molecule has 0 aliphatic heterocycles. The second-order valence-corrected chi connectivity index (χ2v) is 8.66. The van der Waals surface area contributed by atoms with Gasteiger partial charge in [0.1, 0.15) is 17.2 Å². The Morgan fingerprint density at radius 1 is 0.775 bits per heavy atom. The molecule has 0 fully saturated rings. The van der Waals surface area contributed by atoms with Crippen LogP contribution in [0, 0.1) is 0 Å². The number of ether oxygens (including phenoxy) is 2. The monoisotopic (exact) mass is 605 g/mol. The van der Waals surface area contributed by atoms with E-state index in [9.17, 15) is 49.0 Å². The molecule has 3 aromatic rings. The van der Waals surface area contributed by atoms with E-state index in [1.54, 1.807) is 0 Å². The van der Waals surface area contributed by atoms with Gasteiger partial charge in [0.15, 0.2) is 6.10 Å². The molecule has 0 saturated carbocycles. The lowest BCUT2D eigenvalue weighted by Crippen LogP contribution is -2.40. The van der Waals surface area contributed by atoms with Gasteiger partial charge < -0.3 is 19.9 Å². The molecule has 0 aromatic heterocycles. The second-order valence-electron chi connectivity index (χ2n) is 8.25. The molecular formula is C25H18ClF10NO3. The zero-order chi connectivity index (χ0) is 29.9. The lowest BCUT2D eigenvalue weighted by Gasteiger charge is -2.24. The van der Waals surface area contributed by atoms with Gasteiger partial charge in [0.05, 0.1) is 16.6 Å². The number of benzene rings is 3. The van der Waals surface area contributed by atoms with E-state index in [2.05, 4.69) is 10.1 Å². The number of nitrogens with one attached hydrogen (secondary N) is 1. The lowest BCUT2D eigenvalue weighted by molar-refractivity contribution is -0.253. The molecule has 4 nitrogen and oxygen atoms in total. The third-order valence-electron chi connectivity index (χ3n) is 5.26. The molecule has 1 unspecified atom stereocenters. The maximum atomic E-state index is 13.4. The summed E-state index contributed by atoms with van der Waals surface area (Å²) in [6.45, 7) is -1.08. The van der Waals surface area contributed by atoms with Crippen LogP contribution >= 0.6 is 11.6 Å². The molecule has 0 aliphatic carbocycles. The predicted octanol–water partition coefficient (Wildman–Crippen LogP) is 7.99. The van der Waals surface area contributed by atoms with Gasteiger partial charge in [-0.05, 0) is 53.6 Å². The Morgan fingerprint density at radius 3 is 1.88 bits per heavy atom. The molecule has 218 valence electrons. The largest absolute Gasteiger partial charge is 0.461 e. The van der Waals surface area contributed by atoms with Gasteiger partial charge in [-0.15, -0.1) is 0 Å². The number of aliphatic hydroxyl groups is 1. The summed E-state index contributed by atoms with van der Waals surface area (Å²) in [6.07, 6.45) is -21.7. The molecule has 0 radical (unpaired) electrons. The Bertz CT molecular complexity index is 1300. The highest BCUT2D eigenvalue weighted by atomic mass is 35.5. The molecule has 0 bridgehead atoms. The van der Waals surface area contributed by atoms with Crippen LogP contribution in [0.1, 0.15) is 22.7 Å². The van der Waals surface area contributed by atoms with Gasteiger partial charge in [0, 0.05) is 6.54 Å². The zero-order valence-corrected chi connectivity index (χ0v) is 20.5. The maximum Gasteiger partial charge on any atom is 0.461 e. The van der Waals surface area contributed by atoms with Gasteiger partial charge >= 0.3 is 24.9 Å². The van der Waals surface area contributed by atoms with Gasteiger partial charge in [-0.2, -0.15) is 43.9 Å². The summed E-state index contributed by atoms with van der Waals surface area (Å²) in [6, 6.07) is 10.8. The molecule has 0 saturated heterocycles. The molecule has 3 rings (SSSR count). The average molecular weight is 606 g/mol. The van der Waals surface area contributed by atoms with Crippen molar-refractivity contribution in [3.05, 3.63) is 88.4 Å². The Morgan fingerprint density at radius 2 is 1.32 bits per heavy atom. The smallest absolute Gasteiger partial charge is 0.457 e. The maximum absolute atomic E-state index is 13.4. The van der Waals surface area contributed by atoms with Crippen LogP contribution in [0.2, 0.25) is 5.02 Å². The van der Waals surface area contributed by atoms with Crippen LogP contribution in [0.15, 0.2) is 66.7 Å². The van der Waals surface area contributed by atoms with E-state index < -0.39 is 59.9 Å². The summed E-state index contributed by atoms with van der Waals surface area (Å²) >= 11 is 5.60. The van der Waals surface area contributed by atoms with Crippen LogP contribution in [0.5, 0.6) is 17.2 Å². The lowest BCUT2D eigenvalue weighted by atomic mass is 9.98. The summed E-state index contributed by atoms with van der Waals surface area (Å²) in [5.74, 6) is -1.09. The van der Waals surface area contributed by atoms with Crippen molar-refractivity contribution in [2.24, 2.45) is 0 Å². The highest BCUT2D eigenvalue weighted by Crippen LogP contribution is 2.38. The summed E-state index contributed by atoms with van der Waals surface area (Å²) in [4.78, 5) is 0. The summed E-state index contributed by atoms with van der Waals surface area (Å²) < 4.78 is 140. The number of rotatable bonds is 10. The molecular weight excluding hydrogens is 588 g/mol. The van der Waals surface area contributed by atoms with Gasteiger partial charge in [-0.1, -0.05) is 35.9 Å². The first-order valence-electron chi connectivity index (χ1n) is 11.0. The van der Waals surface area contributed by atoms with E-state index in [1.165, 1.54) is 30.3 Å². The molecule has 0 spiro atoms. The number of aliphatic hydroxyl groups excluding tert-OH is 1. The summed E-state index contributed by atoms with van der Waals surface area (Å²) in [5.41, 5.74) is -1.12. The topological polar surface area (TPSA) is 50.7 Å². The van der Waals surface area contributed by atoms with E-state index in [-0.39, 0.29) is 22.6 Å². The molecule has 15 heteroatoms. The van der Waals surface area contributed by atoms with Crippen molar-refractivity contribution in [3.63, 3.8) is 0 Å². The summed E-state index contributed by atoms with van der Waals surface area (Å²) in [5, 5.41) is 11.3. The van der Waals surface area contributed by atoms with E-state index in [0.29, 0.717) is 6.07 Å². The molecule has 0 heterocycles. The highest BCUT2D eigenvalue weighted by Gasteiger charge is 2.44. The standard InChI is InChI=1S/C25H18ClF10NO3/c26-19-8-7-16(11-18(19)23(29,30)31)39-15-5-1-3-13(9-15)21(37-12-20(38)24(32,33)34)14-4-2-6-17(10-14)40-25(35,36)22(27)28/h1-11,20-22,37-38H,12H2/t20-,21?/m1/s1. The number of halogens is 11. The normalized spacial score (nSPS) is 14.2. The third kappa shape index (κ3) is 8.15. The van der Waals surface area contributed by atoms with Crippen molar-refractivity contribution in [1.29, 1.82) is 0 Å². The quantitative estimate of drug-likeness (QED) is 0.230. The fraction of sp³-hybridized carbons (Fsp3) is 0.280. The molecule has 0 amide bonds. The molecule has 2 atom stereocenters. The fourth-order valence-corrected chi connectivity index (χ4v) is 3.64. The van der Waals surface area contributed by atoms with E-state index >= 15 is 0 Å². The highest BCUT2D eigenvalue weighted by molar-refractivity contribution is 6.31. The Balaban J connectivity index is 1.97. The van der Waals surface area contributed by atoms with Crippen molar-refractivity contribution in [1.82, 2.24) is 5.32 Å². The number of hydrogen-bond donors (Lipinski definition) is 2. The SMILES string of the molecule is O[C@H](CNC(c1cccc(Oc2ccc(Cl)c(C(F)(F)F)c2)c1)c1cccc(OC(F)(F)C(F)F)c1)C(F)(F)F. The predicted molar refractivity (Wildman–Crippen MR) is 123 cm³/mol. The molecule has 0 aliphatic rings. The van der Waals surface area contributed by atoms with Crippen LogP contribution in [0.3, 0.4) is 0 Å². The minimum Gasteiger partial charge on any atom is -0.457 e. The Kier molecular flexibility index (Phi) is 9.47. The molecule has 2 N–H and O–H groups in total. The van der Waals surface area contributed by atoms with Crippen molar-refractivity contribution < 1.29 is 58.5 Å². The molecule has 40 heavy (non-hydrogen) atoms. The first-order chi connectivity index (χ1) is 18.5. The third-order valence-corrected chi connectivity index (χ3v) is 5.59. The van der Waals surface area contributed by atoms with E-state index in [0.717, 1.165) is 30.3 Å². The van der Waals surface area contributed by atoms with Gasteiger partial charge in [0.2, 0.25) is 0 Å². The van der Waals surface area contributed by atoms with Crippen LogP contribution in [0.4, 0.5) is 43.9 Å². The van der Waals surface area contributed by atoms with Crippen LogP contribution in [0.25, 0.3) is 0 Å². The van der Waals surface area contributed by atoms with Crippen molar-refractivity contribution in [3.8, 4) is 17.2 Å². The van der Waals surface area contributed by atoms with Crippen LogP contribution < -0.4 is 14.8 Å². The second kappa shape index (κ2) is 12.1. The number of hydrogen-bond acceptors (Lipinski definition) is 4. The minimum atomic E-state index is -5.02. The minimum absolute atomic E-state index is 0.0417. The zero-order valence-electron chi connectivity index (χ0n) is 19.7. The van der Waals surface area contributed by atoms with E-state index in [1.807, 2.05) is 0 Å². The van der Waals surface area contributed by atoms with Gasteiger partial charge in [-0.25, -0.2) is 0 Å². The van der Waals surface area contributed by atoms with Crippen molar-refractivity contribution in [2.75, 3.05) is 6.54 Å². The first-order valence-corrected chi connectivity index (χ1v) is 11.4. The summed E-state index contributed by atoms with van der Waals surface area (Å²) in [7, 11) is 0. The van der Waals surface area contributed by atoms with Gasteiger partial charge in [-0.3, -0.25) is 0 Å².